The lowest BCUT2D eigenvalue weighted by Gasteiger charge is -2.06. The van der Waals surface area contributed by atoms with E-state index in [9.17, 15) is 4.79 Å². The lowest BCUT2D eigenvalue weighted by molar-refractivity contribution is 0.747. The fourth-order valence-corrected chi connectivity index (χ4v) is 2.47. The smallest absolute Gasteiger partial charge is 0.260 e. The molecule has 4 nitrogen and oxygen atoms in total. The molecule has 0 aliphatic heterocycles. The number of aromatic nitrogens is 2. The SMILES string of the molecule is CC1CCc2cc3nc(N)[nH]c(=O)c3cc21. The molecule has 3 rings (SSSR count). The first-order valence-electron chi connectivity index (χ1n) is 5.47. The summed E-state index contributed by atoms with van der Waals surface area (Å²) in [6, 6.07) is 3.97. The third kappa shape index (κ3) is 1.23. The van der Waals surface area contributed by atoms with Crippen molar-refractivity contribution in [2.24, 2.45) is 0 Å². The van der Waals surface area contributed by atoms with Crippen LogP contribution >= 0.6 is 0 Å². The summed E-state index contributed by atoms with van der Waals surface area (Å²) < 4.78 is 0. The maximum atomic E-state index is 11.7. The van der Waals surface area contributed by atoms with Gasteiger partial charge >= 0.3 is 0 Å². The van der Waals surface area contributed by atoms with Gasteiger partial charge in [-0.05, 0) is 42.0 Å². The van der Waals surface area contributed by atoms with E-state index in [0.717, 1.165) is 12.8 Å². The average molecular weight is 215 g/mol. The maximum absolute atomic E-state index is 11.7. The highest BCUT2D eigenvalue weighted by molar-refractivity contribution is 5.80. The van der Waals surface area contributed by atoms with Crippen molar-refractivity contribution in [1.29, 1.82) is 0 Å². The van der Waals surface area contributed by atoms with Crippen LogP contribution in [-0.4, -0.2) is 9.97 Å². The minimum Gasteiger partial charge on any atom is -0.369 e. The largest absolute Gasteiger partial charge is 0.369 e. The van der Waals surface area contributed by atoms with Crippen LogP contribution in [-0.2, 0) is 6.42 Å². The summed E-state index contributed by atoms with van der Waals surface area (Å²) in [4.78, 5) is 18.4. The second kappa shape index (κ2) is 3.07. The molecule has 1 unspecified atom stereocenters. The van der Waals surface area contributed by atoms with Crippen LogP contribution in [0, 0.1) is 0 Å². The molecule has 4 heteroatoms. The van der Waals surface area contributed by atoms with Gasteiger partial charge in [0, 0.05) is 0 Å². The van der Waals surface area contributed by atoms with E-state index in [0.29, 0.717) is 16.8 Å². The number of H-pyrrole nitrogens is 1. The van der Waals surface area contributed by atoms with Gasteiger partial charge in [0.1, 0.15) is 0 Å². The molecule has 1 heterocycles. The number of nitrogens with two attached hydrogens (primary N) is 1. The van der Waals surface area contributed by atoms with E-state index in [1.807, 2.05) is 12.1 Å². The Morgan fingerprint density at radius 2 is 2.31 bits per heavy atom. The third-order valence-corrected chi connectivity index (χ3v) is 3.36. The van der Waals surface area contributed by atoms with Crippen molar-refractivity contribution >= 4 is 16.9 Å². The van der Waals surface area contributed by atoms with Crippen LogP contribution in [0.15, 0.2) is 16.9 Å². The number of fused-ring (bicyclic) bond motifs is 2. The van der Waals surface area contributed by atoms with Crippen LogP contribution in [0.4, 0.5) is 5.95 Å². The van der Waals surface area contributed by atoms with Crippen molar-refractivity contribution < 1.29 is 0 Å². The summed E-state index contributed by atoms with van der Waals surface area (Å²) in [6.07, 6.45) is 2.22. The minimum absolute atomic E-state index is 0.149. The second-order valence-electron chi connectivity index (χ2n) is 4.46. The van der Waals surface area contributed by atoms with Crippen LogP contribution in [0.1, 0.15) is 30.4 Å². The standard InChI is InChI=1S/C12H13N3O/c1-6-2-3-7-4-10-9(5-8(6)7)11(16)15-12(13)14-10/h4-6H,2-3H2,1H3,(H3,13,14,15,16). The molecule has 0 spiro atoms. The Kier molecular flexibility index (Phi) is 1.80. The van der Waals surface area contributed by atoms with Gasteiger partial charge in [0.15, 0.2) is 0 Å². The summed E-state index contributed by atoms with van der Waals surface area (Å²) >= 11 is 0. The summed E-state index contributed by atoms with van der Waals surface area (Å²) in [5.74, 6) is 0.722. The van der Waals surface area contributed by atoms with Crippen LogP contribution in [0.5, 0.6) is 0 Å². The monoisotopic (exact) mass is 215 g/mol. The molecule has 1 aromatic carbocycles. The Labute approximate surface area is 92.5 Å². The molecule has 0 fully saturated rings. The van der Waals surface area contributed by atoms with Crippen molar-refractivity contribution in [2.45, 2.75) is 25.7 Å². The molecule has 0 bridgehead atoms. The van der Waals surface area contributed by atoms with E-state index in [-0.39, 0.29) is 11.5 Å². The van der Waals surface area contributed by atoms with Crippen LogP contribution in [0.3, 0.4) is 0 Å². The van der Waals surface area contributed by atoms with Gasteiger partial charge in [-0.25, -0.2) is 4.98 Å². The van der Waals surface area contributed by atoms with E-state index >= 15 is 0 Å². The number of hydrogen-bond acceptors (Lipinski definition) is 3. The lowest BCUT2D eigenvalue weighted by atomic mass is 10.0. The molecule has 0 amide bonds. The number of hydrogen-bond donors (Lipinski definition) is 2. The first kappa shape index (κ1) is 9.39. The Morgan fingerprint density at radius 3 is 3.12 bits per heavy atom. The number of rotatable bonds is 0. The van der Waals surface area contributed by atoms with Gasteiger partial charge in [-0.15, -0.1) is 0 Å². The number of aromatic amines is 1. The first-order valence-corrected chi connectivity index (χ1v) is 5.47. The predicted octanol–water partition coefficient (Wildman–Crippen LogP) is 1.55. The van der Waals surface area contributed by atoms with Crippen molar-refractivity contribution in [3.05, 3.63) is 33.6 Å². The number of nitrogens with one attached hydrogen (secondary N) is 1. The highest BCUT2D eigenvalue weighted by Crippen LogP contribution is 2.34. The molecule has 82 valence electrons. The number of nitrogens with zero attached hydrogens (tertiary/aromatic N) is 1. The van der Waals surface area contributed by atoms with E-state index in [1.54, 1.807) is 0 Å². The van der Waals surface area contributed by atoms with Crippen LogP contribution < -0.4 is 11.3 Å². The highest BCUT2D eigenvalue weighted by Gasteiger charge is 2.20. The molecule has 0 radical (unpaired) electrons. The van der Waals surface area contributed by atoms with Crippen molar-refractivity contribution in [3.63, 3.8) is 0 Å². The van der Waals surface area contributed by atoms with Gasteiger partial charge in [0.05, 0.1) is 10.9 Å². The van der Waals surface area contributed by atoms with E-state index in [1.165, 1.54) is 11.1 Å². The van der Waals surface area contributed by atoms with Gasteiger partial charge < -0.3 is 5.73 Å². The molecule has 1 aliphatic rings. The molecule has 0 saturated heterocycles. The average Bonchev–Trinajstić information content (AvgIpc) is 2.57. The molecule has 16 heavy (non-hydrogen) atoms. The van der Waals surface area contributed by atoms with Gasteiger partial charge in [0.25, 0.3) is 5.56 Å². The Balaban J connectivity index is 2.40. The second-order valence-corrected chi connectivity index (χ2v) is 4.46. The Morgan fingerprint density at radius 1 is 1.50 bits per heavy atom. The Hall–Kier alpha value is -1.84. The molecular weight excluding hydrogens is 202 g/mol. The third-order valence-electron chi connectivity index (χ3n) is 3.36. The van der Waals surface area contributed by atoms with E-state index in [2.05, 4.69) is 16.9 Å². The summed E-state index contributed by atoms with van der Waals surface area (Å²) in [6.45, 7) is 2.19. The summed E-state index contributed by atoms with van der Waals surface area (Å²) in [5, 5.41) is 0.640. The number of aryl methyl sites for hydroxylation is 1. The van der Waals surface area contributed by atoms with Crippen LogP contribution in [0.25, 0.3) is 10.9 Å². The zero-order valence-corrected chi connectivity index (χ0v) is 9.08. The Bertz CT molecular complexity index is 630. The molecule has 3 N–H and O–H groups in total. The topological polar surface area (TPSA) is 71.8 Å². The molecule has 1 aliphatic carbocycles. The summed E-state index contributed by atoms with van der Waals surface area (Å²) in [7, 11) is 0. The number of anilines is 1. The zero-order chi connectivity index (χ0) is 11.3. The molecular formula is C12H13N3O. The van der Waals surface area contributed by atoms with Crippen molar-refractivity contribution in [3.8, 4) is 0 Å². The van der Waals surface area contributed by atoms with Gasteiger partial charge in [-0.2, -0.15) is 0 Å². The fourth-order valence-electron chi connectivity index (χ4n) is 2.47. The normalized spacial score (nSPS) is 18.9. The minimum atomic E-state index is -0.149. The van der Waals surface area contributed by atoms with Crippen LogP contribution in [0.2, 0.25) is 0 Å². The molecule has 2 aromatic rings. The lowest BCUT2D eigenvalue weighted by Crippen LogP contribution is -2.11. The van der Waals surface area contributed by atoms with Gasteiger partial charge in [-0.3, -0.25) is 9.78 Å². The molecule has 0 saturated carbocycles. The maximum Gasteiger partial charge on any atom is 0.260 e. The van der Waals surface area contributed by atoms with Crippen molar-refractivity contribution in [1.82, 2.24) is 9.97 Å². The van der Waals surface area contributed by atoms with Gasteiger partial charge in [0.2, 0.25) is 5.95 Å². The summed E-state index contributed by atoms with van der Waals surface area (Å²) in [5.41, 5.74) is 8.67. The fraction of sp³-hybridized carbons (Fsp3) is 0.333. The highest BCUT2D eigenvalue weighted by atomic mass is 16.1. The van der Waals surface area contributed by atoms with Gasteiger partial charge in [-0.1, -0.05) is 6.92 Å². The molecule has 1 aromatic heterocycles. The first-order chi connectivity index (χ1) is 7.65. The predicted molar refractivity (Wildman–Crippen MR) is 63.5 cm³/mol. The van der Waals surface area contributed by atoms with E-state index < -0.39 is 0 Å². The zero-order valence-electron chi connectivity index (χ0n) is 9.08. The number of benzene rings is 1. The molecule has 1 atom stereocenters. The number of nitrogen functional groups attached to an aromatic ring is 1. The van der Waals surface area contributed by atoms with Crippen molar-refractivity contribution in [2.75, 3.05) is 5.73 Å². The quantitative estimate of drug-likeness (QED) is 0.700. The van der Waals surface area contributed by atoms with E-state index in [4.69, 9.17) is 5.73 Å².